The van der Waals surface area contributed by atoms with E-state index in [-0.39, 0.29) is 5.91 Å². The highest BCUT2D eigenvalue weighted by atomic mass is 79.9. The molecule has 0 N–H and O–H groups in total. The number of carbonyl (C=O) groups excluding carboxylic acids is 1. The molecule has 0 aliphatic carbocycles. The highest BCUT2D eigenvalue weighted by Gasteiger charge is 2.26. The predicted molar refractivity (Wildman–Crippen MR) is 77.9 cm³/mol. The fourth-order valence-corrected chi connectivity index (χ4v) is 3.34. The van der Waals surface area contributed by atoms with Crippen LogP contribution < -0.4 is 4.90 Å². The van der Waals surface area contributed by atoms with Gasteiger partial charge in [-0.3, -0.25) is 9.69 Å². The first kappa shape index (κ1) is 11.8. The molecule has 1 aliphatic heterocycles. The van der Waals surface area contributed by atoms with Crippen molar-refractivity contribution in [2.24, 2.45) is 0 Å². The zero-order valence-electron chi connectivity index (χ0n) is 9.47. The largest absolute Gasteiger partial charge is 0.278 e. The first-order valence-corrected chi connectivity index (χ1v) is 7.50. The molecule has 3 rings (SSSR count). The van der Waals surface area contributed by atoms with Gasteiger partial charge in [-0.05, 0) is 24.3 Å². The molecule has 1 amide bonds. The molecular formula is C14H10BrNOS. The van der Waals surface area contributed by atoms with Gasteiger partial charge < -0.3 is 0 Å². The van der Waals surface area contributed by atoms with Gasteiger partial charge in [0.1, 0.15) is 0 Å². The van der Waals surface area contributed by atoms with Gasteiger partial charge in [-0.1, -0.05) is 52.0 Å². The summed E-state index contributed by atoms with van der Waals surface area (Å²) in [7, 11) is 0. The second-order valence-electron chi connectivity index (χ2n) is 3.90. The number of fused-ring (bicyclic) bond motifs is 2. The third kappa shape index (κ3) is 1.85. The maximum Gasteiger partial charge on any atom is 0.242 e. The molecule has 1 aliphatic rings. The second kappa shape index (κ2) is 4.78. The van der Waals surface area contributed by atoms with Crippen LogP contribution in [-0.2, 0) is 4.79 Å². The first-order valence-electron chi connectivity index (χ1n) is 5.56. The Morgan fingerprint density at radius 1 is 1.00 bits per heavy atom. The molecule has 0 saturated heterocycles. The molecule has 1 heterocycles. The van der Waals surface area contributed by atoms with Crippen LogP contribution in [-0.4, -0.2) is 11.2 Å². The van der Waals surface area contributed by atoms with Crippen molar-refractivity contribution in [1.29, 1.82) is 0 Å². The normalized spacial score (nSPS) is 12.8. The van der Waals surface area contributed by atoms with Crippen LogP contribution in [0, 0.1) is 0 Å². The summed E-state index contributed by atoms with van der Waals surface area (Å²) in [5.74, 6) is 0.0511. The van der Waals surface area contributed by atoms with Crippen molar-refractivity contribution in [3.63, 3.8) is 0 Å². The fourth-order valence-electron chi connectivity index (χ4n) is 2.03. The summed E-state index contributed by atoms with van der Waals surface area (Å²) < 4.78 is 0. The van der Waals surface area contributed by atoms with Gasteiger partial charge in [0.25, 0.3) is 0 Å². The minimum Gasteiger partial charge on any atom is -0.278 e. The third-order valence-corrected chi connectivity index (χ3v) is 4.41. The molecule has 2 aromatic carbocycles. The second-order valence-corrected chi connectivity index (χ2v) is 5.54. The van der Waals surface area contributed by atoms with Crippen LogP contribution in [0.3, 0.4) is 0 Å². The topological polar surface area (TPSA) is 20.3 Å². The zero-order chi connectivity index (χ0) is 12.5. The lowest BCUT2D eigenvalue weighted by Gasteiger charge is -2.30. The maximum absolute atomic E-state index is 12.2. The zero-order valence-corrected chi connectivity index (χ0v) is 11.9. The summed E-state index contributed by atoms with van der Waals surface area (Å²) in [5, 5.41) is 0.320. The van der Waals surface area contributed by atoms with E-state index >= 15 is 0 Å². The lowest BCUT2D eigenvalue weighted by atomic mass is 10.2. The van der Waals surface area contributed by atoms with E-state index in [4.69, 9.17) is 0 Å². The number of nitrogens with zero attached hydrogens (tertiary/aromatic N) is 1. The smallest absolute Gasteiger partial charge is 0.242 e. The van der Waals surface area contributed by atoms with Crippen molar-refractivity contribution in [3.05, 3.63) is 48.5 Å². The van der Waals surface area contributed by atoms with Crippen molar-refractivity contribution >= 4 is 45.0 Å². The van der Waals surface area contributed by atoms with Crippen molar-refractivity contribution in [2.75, 3.05) is 10.2 Å². The molecule has 0 aromatic heterocycles. The quantitative estimate of drug-likeness (QED) is 0.734. The monoisotopic (exact) mass is 319 g/mol. The highest BCUT2D eigenvalue weighted by Crippen LogP contribution is 2.47. The van der Waals surface area contributed by atoms with Gasteiger partial charge in [-0.15, -0.1) is 0 Å². The van der Waals surface area contributed by atoms with E-state index in [1.807, 2.05) is 48.5 Å². The van der Waals surface area contributed by atoms with Gasteiger partial charge >= 0.3 is 0 Å². The third-order valence-electron chi connectivity index (χ3n) is 2.80. The molecule has 0 spiro atoms. The molecule has 18 heavy (non-hydrogen) atoms. The van der Waals surface area contributed by atoms with Crippen molar-refractivity contribution < 1.29 is 4.79 Å². The summed E-state index contributed by atoms with van der Waals surface area (Å²) in [6, 6.07) is 16.0. The number of rotatable bonds is 1. The maximum atomic E-state index is 12.2. The number of amides is 1. The lowest BCUT2D eigenvalue weighted by molar-refractivity contribution is -0.115. The van der Waals surface area contributed by atoms with Crippen LogP contribution in [0.25, 0.3) is 0 Å². The molecule has 0 bridgehead atoms. The fraction of sp³-hybridized carbons (Fsp3) is 0.0714. The molecule has 0 saturated carbocycles. The summed E-state index contributed by atoms with van der Waals surface area (Å²) >= 11 is 4.96. The Morgan fingerprint density at radius 3 is 2.00 bits per heavy atom. The number of para-hydroxylation sites is 2. The van der Waals surface area contributed by atoms with Gasteiger partial charge in [0.2, 0.25) is 5.91 Å². The number of anilines is 2. The van der Waals surface area contributed by atoms with E-state index in [0.717, 1.165) is 21.2 Å². The van der Waals surface area contributed by atoms with Crippen molar-refractivity contribution in [1.82, 2.24) is 0 Å². The molecule has 2 nitrogen and oxygen atoms in total. The van der Waals surface area contributed by atoms with Crippen LogP contribution >= 0.6 is 27.7 Å². The van der Waals surface area contributed by atoms with Crippen LogP contribution in [0.4, 0.5) is 11.4 Å². The van der Waals surface area contributed by atoms with Gasteiger partial charge in [-0.2, -0.15) is 0 Å². The van der Waals surface area contributed by atoms with Crippen molar-refractivity contribution in [3.8, 4) is 0 Å². The first-order chi connectivity index (χ1) is 8.81. The standard InChI is InChI=1S/C14H10BrNOS/c15-9-14(17)16-10-5-1-3-7-12(10)18-13-8-4-2-6-11(13)16/h1-8H,9H2. The number of halogens is 1. The Kier molecular flexibility index (Phi) is 3.14. The van der Waals surface area contributed by atoms with E-state index in [1.165, 1.54) is 0 Å². The van der Waals surface area contributed by atoms with E-state index in [0.29, 0.717) is 5.33 Å². The van der Waals surface area contributed by atoms with Crippen LogP contribution in [0.1, 0.15) is 0 Å². The molecule has 4 heteroatoms. The summed E-state index contributed by atoms with van der Waals surface area (Å²) in [6.07, 6.45) is 0. The minimum absolute atomic E-state index is 0.0511. The number of alkyl halides is 1. The Morgan fingerprint density at radius 2 is 1.50 bits per heavy atom. The molecule has 0 fully saturated rings. The van der Waals surface area contributed by atoms with Gasteiger partial charge in [0.15, 0.2) is 0 Å². The van der Waals surface area contributed by atoms with Crippen LogP contribution in [0.2, 0.25) is 0 Å². The number of hydrogen-bond acceptors (Lipinski definition) is 2. The number of hydrogen-bond donors (Lipinski definition) is 0. The summed E-state index contributed by atoms with van der Waals surface area (Å²) in [5.41, 5.74) is 1.93. The minimum atomic E-state index is 0.0511. The highest BCUT2D eigenvalue weighted by molar-refractivity contribution is 9.09. The average Bonchev–Trinajstić information content (AvgIpc) is 2.44. The number of carbonyl (C=O) groups is 1. The van der Waals surface area contributed by atoms with Crippen molar-refractivity contribution in [2.45, 2.75) is 9.79 Å². The Balaban J connectivity index is 2.20. The van der Waals surface area contributed by atoms with Gasteiger partial charge in [0, 0.05) is 9.79 Å². The molecule has 0 atom stereocenters. The molecule has 0 unspecified atom stereocenters. The Labute approximate surface area is 118 Å². The van der Waals surface area contributed by atoms with Gasteiger partial charge in [0.05, 0.1) is 16.7 Å². The molecular weight excluding hydrogens is 310 g/mol. The van der Waals surface area contributed by atoms with E-state index in [1.54, 1.807) is 16.7 Å². The Hall–Kier alpha value is -1.26. The van der Waals surface area contributed by atoms with Crippen LogP contribution in [0.15, 0.2) is 58.3 Å². The van der Waals surface area contributed by atoms with E-state index < -0.39 is 0 Å². The summed E-state index contributed by atoms with van der Waals surface area (Å²) in [6.45, 7) is 0. The lowest BCUT2D eigenvalue weighted by Crippen LogP contribution is -2.29. The summed E-state index contributed by atoms with van der Waals surface area (Å²) in [4.78, 5) is 16.2. The Bertz CT molecular complexity index is 569. The predicted octanol–water partition coefficient (Wildman–Crippen LogP) is 4.21. The SMILES string of the molecule is O=C(CBr)N1c2ccccc2Sc2ccccc21. The average molecular weight is 320 g/mol. The van der Waals surface area contributed by atoms with Gasteiger partial charge in [-0.25, -0.2) is 0 Å². The molecule has 2 aromatic rings. The molecule has 0 radical (unpaired) electrons. The number of benzene rings is 2. The van der Waals surface area contributed by atoms with E-state index in [2.05, 4.69) is 15.9 Å². The van der Waals surface area contributed by atoms with E-state index in [9.17, 15) is 4.79 Å². The molecule has 90 valence electrons. The van der Waals surface area contributed by atoms with Crippen LogP contribution in [0.5, 0.6) is 0 Å².